The van der Waals surface area contributed by atoms with Crippen molar-refractivity contribution in [1.82, 2.24) is 10.3 Å². The van der Waals surface area contributed by atoms with Crippen LogP contribution in [0.5, 0.6) is 0 Å². The number of para-hydroxylation sites is 1. The van der Waals surface area contributed by atoms with Crippen molar-refractivity contribution in [3.05, 3.63) is 42.1 Å². The number of hydrogen-bond donors (Lipinski definition) is 1. The SMILES string of the molecule is CNC(Cc1ccc2ccccc2n1)C1CCCC1C. The van der Waals surface area contributed by atoms with Gasteiger partial charge in [0.2, 0.25) is 0 Å². The smallest absolute Gasteiger partial charge is 0.0705 e. The zero-order valence-corrected chi connectivity index (χ0v) is 12.5. The minimum absolute atomic E-state index is 0.557. The van der Waals surface area contributed by atoms with E-state index in [4.69, 9.17) is 4.98 Å². The third-order valence-electron chi connectivity index (χ3n) is 4.90. The predicted molar refractivity (Wildman–Crippen MR) is 84.8 cm³/mol. The molecule has 2 aromatic rings. The molecule has 0 aliphatic heterocycles. The average molecular weight is 268 g/mol. The highest BCUT2D eigenvalue weighted by atomic mass is 14.9. The fourth-order valence-corrected chi connectivity index (χ4v) is 3.69. The molecule has 1 heterocycles. The monoisotopic (exact) mass is 268 g/mol. The second-order valence-electron chi connectivity index (χ2n) is 6.17. The van der Waals surface area contributed by atoms with E-state index in [2.05, 4.69) is 55.7 Å². The standard InChI is InChI=1S/C18H24N2/c1-13-6-5-8-16(13)18(19-2)12-15-11-10-14-7-3-4-9-17(14)20-15/h3-4,7,9-11,13,16,18-19H,5-6,8,12H2,1-2H3. The lowest BCUT2D eigenvalue weighted by atomic mass is 9.87. The molecule has 106 valence electrons. The summed E-state index contributed by atoms with van der Waals surface area (Å²) >= 11 is 0. The number of hydrogen-bond acceptors (Lipinski definition) is 2. The summed E-state index contributed by atoms with van der Waals surface area (Å²) in [5.74, 6) is 1.64. The van der Waals surface area contributed by atoms with Crippen molar-refractivity contribution in [2.75, 3.05) is 7.05 Å². The fraction of sp³-hybridized carbons (Fsp3) is 0.500. The minimum Gasteiger partial charge on any atom is -0.316 e. The van der Waals surface area contributed by atoms with Crippen molar-refractivity contribution in [3.63, 3.8) is 0 Å². The van der Waals surface area contributed by atoms with E-state index in [9.17, 15) is 0 Å². The molecule has 2 heteroatoms. The van der Waals surface area contributed by atoms with Crippen LogP contribution in [0.25, 0.3) is 10.9 Å². The van der Waals surface area contributed by atoms with Gasteiger partial charge in [0.15, 0.2) is 0 Å². The average Bonchev–Trinajstić information content (AvgIpc) is 2.91. The van der Waals surface area contributed by atoms with Crippen LogP contribution >= 0.6 is 0 Å². The van der Waals surface area contributed by atoms with E-state index in [1.807, 2.05) is 0 Å². The van der Waals surface area contributed by atoms with Crippen LogP contribution in [0.15, 0.2) is 36.4 Å². The Labute approximate surface area is 121 Å². The van der Waals surface area contributed by atoms with Crippen LogP contribution in [-0.4, -0.2) is 18.1 Å². The van der Waals surface area contributed by atoms with Crippen LogP contribution in [0.4, 0.5) is 0 Å². The molecule has 3 rings (SSSR count). The van der Waals surface area contributed by atoms with Crippen LogP contribution in [0.2, 0.25) is 0 Å². The zero-order chi connectivity index (χ0) is 13.9. The van der Waals surface area contributed by atoms with E-state index in [0.717, 1.165) is 23.8 Å². The number of aromatic nitrogens is 1. The molecule has 1 fully saturated rings. The molecule has 20 heavy (non-hydrogen) atoms. The summed E-state index contributed by atoms with van der Waals surface area (Å²) in [4.78, 5) is 4.82. The molecule has 0 spiro atoms. The van der Waals surface area contributed by atoms with Crippen LogP contribution in [-0.2, 0) is 6.42 Å². The summed E-state index contributed by atoms with van der Waals surface area (Å²) in [5, 5.41) is 4.76. The van der Waals surface area contributed by atoms with Crippen LogP contribution in [0.3, 0.4) is 0 Å². The maximum atomic E-state index is 4.82. The molecular weight excluding hydrogens is 244 g/mol. The molecule has 0 saturated heterocycles. The van der Waals surface area contributed by atoms with Gasteiger partial charge in [0.1, 0.15) is 0 Å². The molecule has 3 unspecified atom stereocenters. The van der Waals surface area contributed by atoms with E-state index < -0.39 is 0 Å². The number of pyridine rings is 1. The second-order valence-corrected chi connectivity index (χ2v) is 6.17. The van der Waals surface area contributed by atoms with Crippen molar-refractivity contribution in [2.45, 2.75) is 38.6 Å². The number of benzene rings is 1. The summed E-state index contributed by atoms with van der Waals surface area (Å²) < 4.78 is 0. The van der Waals surface area contributed by atoms with Crippen molar-refractivity contribution < 1.29 is 0 Å². The van der Waals surface area contributed by atoms with E-state index in [1.54, 1.807) is 0 Å². The van der Waals surface area contributed by atoms with Crippen LogP contribution in [0.1, 0.15) is 31.9 Å². The normalized spacial score (nSPS) is 24.1. The Morgan fingerprint density at radius 2 is 2.05 bits per heavy atom. The Morgan fingerprint density at radius 3 is 2.80 bits per heavy atom. The zero-order valence-electron chi connectivity index (χ0n) is 12.5. The van der Waals surface area contributed by atoms with E-state index >= 15 is 0 Å². The van der Waals surface area contributed by atoms with E-state index in [-0.39, 0.29) is 0 Å². The van der Waals surface area contributed by atoms with Gasteiger partial charge in [-0.05, 0) is 37.4 Å². The van der Waals surface area contributed by atoms with Gasteiger partial charge in [0.25, 0.3) is 0 Å². The van der Waals surface area contributed by atoms with Crippen LogP contribution in [0, 0.1) is 11.8 Å². The van der Waals surface area contributed by atoms with Gasteiger partial charge in [-0.25, -0.2) is 0 Å². The third kappa shape index (κ3) is 2.71. The molecule has 1 aliphatic rings. The van der Waals surface area contributed by atoms with Gasteiger partial charge in [-0.2, -0.15) is 0 Å². The Balaban J connectivity index is 1.80. The first-order valence-electron chi connectivity index (χ1n) is 7.80. The first-order chi connectivity index (χ1) is 9.78. The lowest BCUT2D eigenvalue weighted by molar-refractivity contribution is 0.307. The van der Waals surface area contributed by atoms with Crippen molar-refractivity contribution in [3.8, 4) is 0 Å². The predicted octanol–water partition coefficient (Wildman–Crippen LogP) is 3.80. The maximum Gasteiger partial charge on any atom is 0.0705 e. The molecule has 0 bridgehead atoms. The van der Waals surface area contributed by atoms with E-state index in [1.165, 1.54) is 30.3 Å². The summed E-state index contributed by atoms with van der Waals surface area (Å²) in [5.41, 5.74) is 2.32. The van der Waals surface area contributed by atoms with Gasteiger partial charge in [-0.15, -0.1) is 0 Å². The van der Waals surface area contributed by atoms with Crippen molar-refractivity contribution in [1.29, 1.82) is 0 Å². The largest absolute Gasteiger partial charge is 0.316 e. The lowest BCUT2D eigenvalue weighted by Gasteiger charge is -2.26. The molecule has 3 atom stereocenters. The third-order valence-corrected chi connectivity index (χ3v) is 4.90. The molecular formula is C18H24N2. The van der Waals surface area contributed by atoms with Crippen molar-refractivity contribution in [2.24, 2.45) is 11.8 Å². The molecule has 0 radical (unpaired) electrons. The topological polar surface area (TPSA) is 24.9 Å². The first kappa shape index (κ1) is 13.6. The highest BCUT2D eigenvalue weighted by molar-refractivity contribution is 5.78. The molecule has 1 aliphatic carbocycles. The van der Waals surface area contributed by atoms with Gasteiger partial charge in [-0.3, -0.25) is 4.98 Å². The van der Waals surface area contributed by atoms with Gasteiger partial charge in [0.05, 0.1) is 5.52 Å². The number of nitrogens with zero attached hydrogens (tertiary/aromatic N) is 1. The summed E-state index contributed by atoms with van der Waals surface area (Å²) in [7, 11) is 2.09. The van der Waals surface area contributed by atoms with Gasteiger partial charge >= 0.3 is 0 Å². The quantitative estimate of drug-likeness (QED) is 0.912. The molecule has 1 saturated carbocycles. The summed E-state index contributed by atoms with van der Waals surface area (Å²) in [6.07, 6.45) is 5.17. The summed E-state index contributed by atoms with van der Waals surface area (Å²) in [6.45, 7) is 2.40. The first-order valence-corrected chi connectivity index (χ1v) is 7.80. The van der Waals surface area contributed by atoms with Crippen molar-refractivity contribution >= 4 is 10.9 Å². The number of nitrogens with one attached hydrogen (secondary N) is 1. The van der Waals surface area contributed by atoms with Gasteiger partial charge in [0, 0.05) is 23.5 Å². The van der Waals surface area contributed by atoms with E-state index in [0.29, 0.717) is 6.04 Å². The van der Waals surface area contributed by atoms with Gasteiger partial charge < -0.3 is 5.32 Å². The summed E-state index contributed by atoms with van der Waals surface area (Å²) in [6, 6.07) is 13.3. The number of likely N-dealkylation sites (N-methyl/N-ethyl adjacent to an activating group) is 1. The molecule has 2 nitrogen and oxygen atoms in total. The number of rotatable bonds is 4. The maximum absolute atomic E-state index is 4.82. The van der Waals surface area contributed by atoms with Gasteiger partial charge in [-0.1, -0.05) is 44.0 Å². The Bertz CT molecular complexity index is 578. The second kappa shape index (κ2) is 5.92. The lowest BCUT2D eigenvalue weighted by Crippen LogP contribution is -2.37. The molecule has 1 aromatic carbocycles. The highest BCUT2D eigenvalue weighted by Gasteiger charge is 2.30. The fourth-order valence-electron chi connectivity index (χ4n) is 3.69. The Kier molecular flexibility index (Phi) is 4.02. The Hall–Kier alpha value is -1.41. The molecule has 1 aromatic heterocycles. The minimum atomic E-state index is 0.557. The van der Waals surface area contributed by atoms with Crippen LogP contribution < -0.4 is 5.32 Å². The highest BCUT2D eigenvalue weighted by Crippen LogP contribution is 2.34. The Morgan fingerprint density at radius 1 is 1.20 bits per heavy atom. The molecule has 1 N–H and O–H groups in total. The molecule has 0 amide bonds. The number of fused-ring (bicyclic) bond motifs is 1.